The van der Waals surface area contributed by atoms with E-state index in [0.29, 0.717) is 20.5 Å². The van der Waals surface area contributed by atoms with Crippen LogP contribution < -0.4 is 5.43 Å². The van der Waals surface area contributed by atoms with Gasteiger partial charge in [0, 0.05) is 22.2 Å². The van der Waals surface area contributed by atoms with Crippen LogP contribution in [0.3, 0.4) is 0 Å². The molecule has 0 bridgehead atoms. The van der Waals surface area contributed by atoms with Crippen molar-refractivity contribution in [3.05, 3.63) is 70.0 Å². The summed E-state index contributed by atoms with van der Waals surface area (Å²) in [7, 11) is 0. The van der Waals surface area contributed by atoms with Crippen LogP contribution >= 0.6 is 23.2 Å². The van der Waals surface area contributed by atoms with E-state index in [0.717, 1.165) is 17.3 Å². The fraction of sp³-hybridized carbons (Fsp3) is 0.158. The Morgan fingerprint density at radius 3 is 2.48 bits per heavy atom. The number of aliphatic hydroxyl groups is 1. The number of halogens is 2. The number of aromatic nitrogens is 3. The maximum atomic E-state index is 12.3. The molecule has 0 spiro atoms. The summed E-state index contributed by atoms with van der Waals surface area (Å²) in [6.45, 7) is -0.316. The fourth-order valence-electron chi connectivity index (χ4n) is 2.73. The number of carbonyl (C=O) groups excluding carboxylic acids is 1. The van der Waals surface area contributed by atoms with E-state index in [-0.39, 0.29) is 12.2 Å². The van der Waals surface area contributed by atoms with E-state index in [1.165, 1.54) is 5.01 Å². The molecule has 1 amide bonds. The van der Waals surface area contributed by atoms with Gasteiger partial charge in [-0.25, -0.2) is 9.80 Å². The van der Waals surface area contributed by atoms with E-state index >= 15 is 0 Å². The number of rotatable bonds is 8. The van der Waals surface area contributed by atoms with E-state index in [9.17, 15) is 14.7 Å². The predicted octanol–water partition coefficient (Wildman–Crippen LogP) is 2.08. The van der Waals surface area contributed by atoms with Crippen LogP contribution in [0.2, 0.25) is 10.0 Å². The van der Waals surface area contributed by atoms with E-state index in [4.69, 9.17) is 33.5 Å². The molecule has 1 aromatic heterocycles. The van der Waals surface area contributed by atoms with Crippen LogP contribution in [0.5, 0.6) is 0 Å². The van der Waals surface area contributed by atoms with Gasteiger partial charge in [0.25, 0.3) is 5.91 Å². The monoisotopic (exact) mass is 465 g/mol. The van der Waals surface area contributed by atoms with Gasteiger partial charge in [0.2, 0.25) is 0 Å². The molecule has 12 heteroatoms. The van der Waals surface area contributed by atoms with Crippen molar-refractivity contribution < 1.29 is 25.0 Å². The van der Waals surface area contributed by atoms with Gasteiger partial charge >= 0.3 is 5.97 Å². The van der Waals surface area contributed by atoms with Crippen LogP contribution in [-0.2, 0) is 11.3 Å². The Morgan fingerprint density at radius 1 is 1.16 bits per heavy atom. The molecule has 31 heavy (non-hydrogen) atoms. The average Bonchev–Trinajstić information content (AvgIpc) is 3.17. The number of amides is 1. The van der Waals surface area contributed by atoms with Gasteiger partial charge in [-0.15, -0.1) is 5.10 Å². The number of hydrogen-bond donors (Lipinski definition) is 4. The highest BCUT2D eigenvalue weighted by Crippen LogP contribution is 2.30. The van der Waals surface area contributed by atoms with Crippen molar-refractivity contribution in [2.45, 2.75) is 12.6 Å². The summed E-state index contributed by atoms with van der Waals surface area (Å²) < 4.78 is 0. The molecule has 0 radical (unpaired) electrons. The normalized spacial score (nSPS) is 12.0. The Labute approximate surface area is 186 Å². The number of benzene rings is 2. The number of hydrazine groups is 1. The number of carboxylic acids is 1. The van der Waals surface area contributed by atoms with Gasteiger partial charge in [-0.1, -0.05) is 52.3 Å². The molecule has 0 aliphatic rings. The zero-order valence-electron chi connectivity index (χ0n) is 15.8. The van der Waals surface area contributed by atoms with Crippen LogP contribution in [0, 0.1) is 0 Å². The summed E-state index contributed by atoms with van der Waals surface area (Å²) in [4.78, 5) is 23.7. The molecule has 0 unspecified atom stereocenters. The third kappa shape index (κ3) is 5.92. The van der Waals surface area contributed by atoms with Crippen LogP contribution in [0.4, 0.5) is 0 Å². The second kappa shape index (κ2) is 9.75. The van der Waals surface area contributed by atoms with Gasteiger partial charge < -0.3 is 15.4 Å². The topological polar surface area (TPSA) is 141 Å². The molecule has 2 aromatic carbocycles. The minimum absolute atomic E-state index is 0.0763. The van der Waals surface area contributed by atoms with E-state index in [1.807, 2.05) is 0 Å². The first-order chi connectivity index (χ1) is 14.7. The van der Waals surface area contributed by atoms with Gasteiger partial charge in [-0.2, -0.15) is 0 Å². The number of aliphatic hydroxyl groups excluding tert-OH is 1. The van der Waals surface area contributed by atoms with Gasteiger partial charge in [0.1, 0.15) is 0 Å². The van der Waals surface area contributed by atoms with Gasteiger partial charge in [-0.3, -0.25) is 10.2 Å². The molecular formula is C19H17Cl2N5O5. The van der Waals surface area contributed by atoms with Crippen LogP contribution in [0.15, 0.2) is 48.7 Å². The van der Waals surface area contributed by atoms with Crippen LogP contribution in [0.1, 0.15) is 16.1 Å². The van der Waals surface area contributed by atoms with Crippen LogP contribution in [0.25, 0.3) is 11.1 Å². The Kier molecular flexibility index (Phi) is 7.08. The molecule has 3 aromatic rings. The lowest BCUT2D eigenvalue weighted by Gasteiger charge is -2.24. The lowest BCUT2D eigenvalue weighted by molar-refractivity contribution is -0.148. The van der Waals surface area contributed by atoms with Crippen LogP contribution in [-0.4, -0.2) is 60.1 Å². The largest absolute Gasteiger partial charge is 0.479 e. The molecule has 0 saturated heterocycles. The predicted molar refractivity (Wildman–Crippen MR) is 111 cm³/mol. The Balaban J connectivity index is 1.77. The van der Waals surface area contributed by atoms with E-state index in [2.05, 4.69) is 15.7 Å². The molecule has 0 saturated carbocycles. The number of hydrogen-bond acceptors (Lipinski definition) is 7. The third-order valence-electron chi connectivity index (χ3n) is 4.22. The van der Waals surface area contributed by atoms with Crippen molar-refractivity contribution in [3.8, 4) is 11.1 Å². The first kappa shape index (κ1) is 22.5. The second-order valence-corrected chi connectivity index (χ2v) is 7.36. The Hall–Kier alpha value is -3.18. The lowest BCUT2D eigenvalue weighted by atomic mass is 10.0. The summed E-state index contributed by atoms with van der Waals surface area (Å²) in [5.41, 5.74) is 4.54. The SMILES string of the molecule is O=C(NN(Cc1ccc(-c2cc(Cl)ccc2Cl)cc1)C[C@@H](O)C(=O)O)c1cn(O)nn1. The molecule has 1 heterocycles. The summed E-state index contributed by atoms with van der Waals surface area (Å²) in [6, 6.07) is 12.3. The molecule has 0 fully saturated rings. The lowest BCUT2D eigenvalue weighted by Crippen LogP contribution is -2.47. The molecule has 4 N–H and O–H groups in total. The summed E-state index contributed by atoms with van der Waals surface area (Å²) >= 11 is 12.3. The first-order valence-corrected chi connectivity index (χ1v) is 9.61. The van der Waals surface area contributed by atoms with Crippen molar-refractivity contribution in [1.29, 1.82) is 0 Å². The maximum absolute atomic E-state index is 12.3. The standard InChI is InChI=1S/C19H17Cl2N5O5/c20-13-5-6-15(21)14(7-13)12-3-1-11(2-4-12)8-25(10-17(27)19(29)30)23-18(28)16-9-26(31)24-22-16/h1-7,9,17,27,31H,8,10H2,(H,23,28)(H,29,30)/t17-/m1/s1. The van der Waals surface area contributed by atoms with E-state index in [1.54, 1.807) is 42.5 Å². The quantitative estimate of drug-likeness (QED) is 0.292. The fourth-order valence-corrected chi connectivity index (χ4v) is 3.12. The summed E-state index contributed by atoms with van der Waals surface area (Å²) in [5, 5.41) is 36.9. The maximum Gasteiger partial charge on any atom is 0.333 e. The number of aliphatic carboxylic acids is 1. The minimum atomic E-state index is -1.74. The molecule has 0 aliphatic heterocycles. The Bertz CT molecular complexity index is 1090. The number of nitrogens with zero attached hydrogens (tertiary/aromatic N) is 4. The summed E-state index contributed by atoms with van der Waals surface area (Å²) in [5.74, 6) is -2.17. The molecular weight excluding hydrogens is 449 g/mol. The number of nitrogens with one attached hydrogen (secondary N) is 1. The van der Waals surface area contributed by atoms with Gasteiger partial charge in [-0.05, 0) is 34.5 Å². The van der Waals surface area contributed by atoms with Crippen molar-refractivity contribution in [2.75, 3.05) is 6.54 Å². The zero-order valence-corrected chi connectivity index (χ0v) is 17.3. The molecule has 0 aliphatic carbocycles. The van der Waals surface area contributed by atoms with Gasteiger partial charge in [0.05, 0.1) is 12.7 Å². The summed E-state index contributed by atoms with van der Waals surface area (Å²) in [6.07, 6.45) is -0.761. The molecule has 10 nitrogen and oxygen atoms in total. The molecule has 1 atom stereocenters. The van der Waals surface area contributed by atoms with Gasteiger partial charge in [0.15, 0.2) is 11.8 Å². The zero-order chi connectivity index (χ0) is 22.5. The highest BCUT2D eigenvalue weighted by atomic mass is 35.5. The van der Waals surface area contributed by atoms with Crippen molar-refractivity contribution in [3.63, 3.8) is 0 Å². The first-order valence-electron chi connectivity index (χ1n) is 8.85. The Morgan fingerprint density at radius 2 is 1.87 bits per heavy atom. The number of carbonyl (C=O) groups is 2. The van der Waals surface area contributed by atoms with Crippen molar-refractivity contribution in [1.82, 2.24) is 25.6 Å². The highest BCUT2D eigenvalue weighted by Gasteiger charge is 2.21. The number of carboxylic acid groups (broad SMARTS) is 1. The smallest absolute Gasteiger partial charge is 0.333 e. The van der Waals surface area contributed by atoms with Crippen molar-refractivity contribution in [2.24, 2.45) is 0 Å². The van der Waals surface area contributed by atoms with Crippen molar-refractivity contribution >= 4 is 35.1 Å². The molecule has 3 rings (SSSR count). The second-order valence-electron chi connectivity index (χ2n) is 6.52. The third-order valence-corrected chi connectivity index (χ3v) is 4.78. The van der Waals surface area contributed by atoms with E-state index < -0.39 is 24.5 Å². The minimum Gasteiger partial charge on any atom is -0.479 e. The average molecular weight is 466 g/mol. The molecule has 162 valence electrons. The highest BCUT2D eigenvalue weighted by molar-refractivity contribution is 6.35.